The highest BCUT2D eigenvalue weighted by molar-refractivity contribution is 5.79. The monoisotopic (exact) mass is 279 g/mol. The van der Waals surface area contributed by atoms with E-state index in [2.05, 4.69) is 17.4 Å². The van der Waals surface area contributed by atoms with Crippen LogP contribution in [0.2, 0.25) is 0 Å². The molecule has 0 aliphatic heterocycles. The fourth-order valence-electron chi connectivity index (χ4n) is 2.13. The number of carboxylic acid groups (broad SMARTS) is 1. The summed E-state index contributed by atoms with van der Waals surface area (Å²) in [6.45, 7) is 6.20. The van der Waals surface area contributed by atoms with Gasteiger partial charge in [-0.15, -0.1) is 0 Å². The van der Waals surface area contributed by atoms with E-state index in [4.69, 9.17) is 9.84 Å². The third-order valence-electron chi connectivity index (χ3n) is 2.97. The van der Waals surface area contributed by atoms with E-state index in [0.717, 1.165) is 16.7 Å². The van der Waals surface area contributed by atoms with E-state index in [1.807, 2.05) is 20.8 Å². The largest absolute Gasteiger partial charge is 0.480 e. The van der Waals surface area contributed by atoms with E-state index >= 15 is 0 Å². The van der Waals surface area contributed by atoms with Gasteiger partial charge in [0.15, 0.2) is 0 Å². The maximum absolute atomic E-state index is 11.8. The lowest BCUT2D eigenvalue weighted by molar-refractivity contribution is -0.142. The number of hydrogen-bond donors (Lipinski definition) is 2. The molecule has 0 bridgehead atoms. The van der Waals surface area contributed by atoms with Gasteiger partial charge in [-0.25, -0.2) is 4.79 Å². The minimum Gasteiger partial charge on any atom is -0.480 e. The normalized spacial score (nSPS) is 10.3. The minimum absolute atomic E-state index is 0.0843. The first kappa shape index (κ1) is 16.2. The number of carboxylic acids is 1. The van der Waals surface area contributed by atoms with Crippen molar-refractivity contribution in [1.82, 2.24) is 5.32 Å². The third kappa shape index (κ3) is 5.40. The Morgan fingerprint density at radius 2 is 1.80 bits per heavy atom. The Kier molecular flexibility index (Phi) is 6.18. The zero-order valence-electron chi connectivity index (χ0n) is 12.2. The molecular weight excluding hydrogens is 258 g/mol. The smallest absolute Gasteiger partial charge is 0.329 e. The molecule has 0 atom stereocenters. The first-order chi connectivity index (χ1) is 9.40. The van der Waals surface area contributed by atoms with E-state index in [1.54, 1.807) is 0 Å². The fourth-order valence-corrected chi connectivity index (χ4v) is 2.13. The summed E-state index contributed by atoms with van der Waals surface area (Å²) in [7, 11) is 0. The van der Waals surface area contributed by atoms with Crippen molar-refractivity contribution in [3.63, 3.8) is 0 Å². The van der Waals surface area contributed by atoms with Gasteiger partial charge < -0.3 is 15.2 Å². The Morgan fingerprint density at radius 3 is 2.35 bits per heavy atom. The van der Waals surface area contributed by atoms with Crippen molar-refractivity contribution in [1.29, 1.82) is 0 Å². The van der Waals surface area contributed by atoms with Gasteiger partial charge in [0.1, 0.15) is 6.61 Å². The second-order valence-electron chi connectivity index (χ2n) is 4.85. The zero-order valence-corrected chi connectivity index (χ0v) is 12.2. The molecule has 0 aromatic heterocycles. The van der Waals surface area contributed by atoms with Crippen LogP contribution >= 0.6 is 0 Å². The van der Waals surface area contributed by atoms with Crippen molar-refractivity contribution in [2.75, 3.05) is 19.8 Å². The highest BCUT2D eigenvalue weighted by Crippen LogP contribution is 2.16. The Hall–Kier alpha value is -1.88. The summed E-state index contributed by atoms with van der Waals surface area (Å²) in [6, 6.07) is 4.12. The topological polar surface area (TPSA) is 75.6 Å². The van der Waals surface area contributed by atoms with Crippen molar-refractivity contribution >= 4 is 11.9 Å². The maximum Gasteiger partial charge on any atom is 0.329 e. The number of ether oxygens (including phenoxy) is 1. The number of hydrogen-bond acceptors (Lipinski definition) is 3. The molecule has 1 aromatic carbocycles. The van der Waals surface area contributed by atoms with Crippen molar-refractivity contribution in [3.8, 4) is 0 Å². The van der Waals surface area contributed by atoms with Crippen LogP contribution in [0, 0.1) is 20.8 Å². The van der Waals surface area contributed by atoms with E-state index in [0.29, 0.717) is 13.0 Å². The van der Waals surface area contributed by atoms with E-state index in [1.165, 1.54) is 5.56 Å². The summed E-state index contributed by atoms with van der Waals surface area (Å²) in [5.74, 6) is -1.10. The van der Waals surface area contributed by atoms with Gasteiger partial charge in [-0.2, -0.15) is 0 Å². The average molecular weight is 279 g/mol. The fraction of sp³-hybridized carbons (Fsp3) is 0.467. The molecule has 0 heterocycles. The predicted molar refractivity (Wildman–Crippen MR) is 75.8 cm³/mol. The van der Waals surface area contributed by atoms with Crippen molar-refractivity contribution < 1.29 is 19.4 Å². The van der Waals surface area contributed by atoms with Gasteiger partial charge in [-0.1, -0.05) is 17.7 Å². The van der Waals surface area contributed by atoms with Crippen LogP contribution in [0.1, 0.15) is 22.3 Å². The number of amides is 1. The van der Waals surface area contributed by atoms with Crippen LogP contribution in [-0.4, -0.2) is 36.7 Å². The Balaban J connectivity index is 2.41. The van der Waals surface area contributed by atoms with Crippen LogP contribution in [0.5, 0.6) is 0 Å². The minimum atomic E-state index is -1.01. The van der Waals surface area contributed by atoms with Gasteiger partial charge in [0.2, 0.25) is 5.91 Å². The molecule has 1 rings (SSSR count). The van der Waals surface area contributed by atoms with Gasteiger partial charge in [-0.05, 0) is 37.5 Å². The van der Waals surface area contributed by atoms with E-state index in [-0.39, 0.29) is 19.1 Å². The number of aryl methyl sites for hydroxylation is 3. The standard InChI is InChI=1S/C15H21NO4/c1-10-6-11(2)13(12(3)7-10)8-14(17)16-4-5-20-9-15(18)19/h6-7H,4-5,8-9H2,1-3H3,(H,16,17)(H,18,19). The van der Waals surface area contributed by atoms with Crippen LogP contribution in [0.4, 0.5) is 0 Å². The van der Waals surface area contributed by atoms with Crippen molar-refractivity contribution in [2.45, 2.75) is 27.2 Å². The third-order valence-corrected chi connectivity index (χ3v) is 2.97. The summed E-state index contributed by atoms with van der Waals surface area (Å²) >= 11 is 0. The number of carbonyl (C=O) groups excluding carboxylic acids is 1. The van der Waals surface area contributed by atoms with E-state index in [9.17, 15) is 9.59 Å². The molecular formula is C15H21NO4. The van der Waals surface area contributed by atoms with Gasteiger partial charge in [0.25, 0.3) is 0 Å². The molecule has 0 aliphatic rings. The molecule has 110 valence electrons. The molecule has 0 aliphatic carbocycles. The molecule has 0 unspecified atom stereocenters. The highest BCUT2D eigenvalue weighted by atomic mass is 16.5. The van der Waals surface area contributed by atoms with Crippen molar-refractivity contribution in [3.05, 3.63) is 34.4 Å². The summed E-state index contributed by atoms with van der Waals surface area (Å²) in [4.78, 5) is 22.0. The van der Waals surface area contributed by atoms with Gasteiger partial charge in [-0.3, -0.25) is 4.79 Å². The second kappa shape index (κ2) is 7.65. The lowest BCUT2D eigenvalue weighted by Gasteiger charge is -2.11. The summed E-state index contributed by atoms with van der Waals surface area (Å²) in [6.07, 6.45) is 0.330. The second-order valence-corrected chi connectivity index (χ2v) is 4.85. The Bertz CT molecular complexity index is 474. The van der Waals surface area contributed by atoms with Crippen LogP contribution in [0.25, 0.3) is 0 Å². The first-order valence-electron chi connectivity index (χ1n) is 6.53. The van der Waals surface area contributed by atoms with Crippen LogP contribution in [0.15, 0.2) is 12.1 Å². The molecule has 0 radical (unpaired) electrons. The van der Waals surface area contributed by atoms with Crippen molar-refractivity contribution in [2.24, 2.45) is 0 Å². The molecule has 0 saturated carbocycles. The molecule has 2 N–H and O–H groups in total. The maximum atomic E-state index is 11.8. The number of nitrogens with one attached hydrogen (secondary N) is 1. The quantitative estimate of drug-likeness (QED) is 0.739. The molecule has 20 heavy (non-hydrogen) atoms. The molecule has 5 heteroatoms. The van der Waals surface area contributed by atoms with Crippen LogP contribution in [0.3, 0.4) is 0 Å². The number of benzene rings is 1. The van der Waals surface area contributed by atoms with E-state index < -0.39 is 5.97 Å². The molecule has 5 nitrogen and oxygen atoms in total. The highest BCUT2D eigenvalue weighted by Gasteiger charge is 2.09. The summed E-state index contributed by atoms with van der Waals surface area (Å²) in [5.41, 5.74) is 4.45. The molecule has 0 saturated heterocycles. The molecule has 1 aromatic rings. The lowest BCUT2D eigenvalue weighted by atomic mass is 9.97. The average Bonchev–Trinajstić information content (AvgIpc) is 2.33. The summed E-state index contributed by atoms with van der Waals surface area (Å²) in [5, 5.41) is 11.1. The van der Waals surface area contributed by atoms with Gasteiger partial charge in [0.05, 0.1) is 13.0 Å². The number of rotatable bonds is 7. The predicted octanol–water partition coefficient (Wildman–Crippen LogP) is 1.37. The van der Waals surface area contributed by atoms with Gasteiger partial charge >= 0.3 is 5.97 Å². The van der Waals surface area contributed by atoms with Crippen LogP contribution in [-0.2, 0) is 20.7 Å². The zero-order chi connectivity index (χ0) is 15.1. The Morgan fingerprint density at radius 1 is 1.20 bits per heavy atom. The van der Waals surface area contributed by atoms with Gasteiger partial charge in [0, 0.05) is 6.54 Å². The molecule has 0 spiro atoms. The lowest BCUT2D eigenvalue weighted by Crippen LogP contribution is -2.29. The molecule has 1 amide bonds. The van der Waals surface area contributed by atoms with Crippen LogP contribution < -0.4 is 5.32 Å². The number of aliphatic carboxylic acids is 1. The SMILES string of the molecule is Cc1cc(C)c(CC(=O)NCCOCC(=O)O)c(C)c1. The molecule has 0 fully saturated rings. The Labute approximate surface area is 118 Å². The summed E-state index contributed by atoms with van der Waals surface area (Å²) < 4.78 is 4.84. The number of carbonyl (C=O) groups is 2. The first-order valence-corrected chi connectivity index (χ1v) is 6.53.